The second-order valence-electron chi connectivity index (χ2n) is 3.56. The van der Waals surface area contributed by atoms with Crippen LogP contribution in [-0.2, 0) is 11.2 Å². The quantitative estimate of drug-likeness (QED) is 0.938. The monoisotopic (exact) mass is 314 g/mol. The number of aryl methyl sites for hydroxylation is 1. The Balaban J connectivity index is 2.21. The van der Waals surface area contributed by atoms with Crippen LogP contribution in [0.25, 0.3) is 11.4 Å². The second-order valence-corrected chi connectivity index (χ2v) is 4.48. The predicted molar refractivity (Wildman–Crippen MR) is 63.3 cm³/mol. The lowest BCUT2D eigenvalue weighted by Crippen LogP contribution is -1.97. The van der Waals surface area contributed by atoms with Crippen LogP contribution in [0, 0.1) is 5.82 Å². The van der Waals surface area contributed by atoms with E-state index < -0.39 is 11.8 Å². The molecule has 94 valence electrons. The topological polar surface area (TPSA) is 76.2 Å². The fourth-order valence-corrected chi connectivity index (χ4v) is 1.84. The molecular weight excluding hydrogens is 307 g/mol. The van der Waals surface area contributed by atoms with Gasteiger partial charge in [-0.2, -0.15) is 4.98 Å². The van der Waals surface area contributed by atoms with Crippen molar-refractivity contribution in [2.24, 2.45) is 0 Å². The first-order valence-electron chi connectivity index (χ1n) is 5.05. The predicted octanol–water partition coefficient (Wildman–Crippen LogP) is 2.66. The molecule has 0 atom stereocenters. The van der Waals surface area contributed by atoms with Crippen molar-refractivity contribution in [2.75, 3.05) is 0 Å². The Morgan fingerprint density at radius 3 is 2.89 bits per heavy atom. The van der Waals surface area contributed by atoms with E-state index in [9.17, 15) is 9.18 Å². The van der Waals surface area contributed by atoms with Gasteiger partial charge in [0, 0.05) is 16.5 Å². The Morgan fingerprint density at radius 2 is 2.22 bits per heavy atom. The van der Waals surface area contributed by atoms with Gasteiger partial charge in [0.1, 0.15) is 5.82 Å². The number of aliphatic carboxylic acids is 1. The van der Waals surface area contributed by atoms with Gasteiger partial charge in [0.05, 0.1) is 6.42 Å². The summed E-state index contributed by atoms with van der Waals surface area (Å²) in [5.74, 6) is -0.914. The first-order valence-corrected chi connectivity index (χ1v) is 5.85. The molecule has 0 saturated carbocycles. The van der Waals surface area contributed by atoms with Gasteiger partial charge < -0.3 is 9.63 Å². The highest BCUT2D eigenvalue weighted by atomic mass is 79.9. The number of halogens is 2. The lowest BCUT2D eigenvalue weighted by atomic mass is 10.2. The first kappa shape index (κ1) is 12.7. The number of carboxylic acid groups (broad SMARTS) is 1. The Hall–Kier alpha value is -1.76. The summed E-state index contributed by atoms with van der Waals surface area (Å²) in [6.07, 6.45) is 0.0628. The molecule has 1 heterocycles. The zero-order chi connectivity index (χ0) is 13.1. The molecule has 7 heteroatoms. The Morgan fingerprint density at radius 1 is 1.44 bits per heavy atom. The van der Waals surface area contributed by atoms with E-state index in [1.165, 1.54) is 12.1 Å². The van der Waals surface area contributed by atoms with Crippen LogP contribution < -0.4 is 0 Å². The summed E-state index contributed by atoms with van der Waals surface area (Å²) in [4.78, 5) is 14.4. The van der Waals surface area contributed by atoms with Crippen molar-refractivity contribution in [1.82, 2.24) is 10.1 Å². The van der Waals surface area contributed by atoms with Crippen molar-refractivity contribution in [3.8, 4) is 11.4 Å². The molecule has 0 aliphatic rings. The minimum atomic E-state index is -0.941. The van der Waals surface area contributed by atoms with Gasteiger partial charge in [0.15, 0.2) is 0 Å². The van der Waals surface area contributed by atoms with Gasteiger partial charge in [-0.15, -0.1) is 0 Å². The number of rotatable bonds is 4. The molecular formula is C11H8BrFN2O3. The number of nitrogens with zero attached hydrogens (tertiary/aromatic N) is 2. The molecule has 0 unspecified atom stereocenters. The van der Waals surface area contributed by atoms with Crippen LogP contribution >= 0.6 is 15.9 Å². The van der Waals surface area contributed by atoms with Gasteiger partial charge in [-0.25, -0.2) is 4.39 Å². The number of benzene rings is 1. The Kier molecular flexibility index (Phi) is 3.71. The number of carbonyl (C=O) groups is 1. The summed E-state index contributed by atoms with van der Waals surface area (Å²) >= 11 is 3.16. The summed E-state index contributed by atoms with van der Waals surface area (Å²) in [7, 11) is 0. The third kappa shape index (κ3) is 3.13. The molecule has 0 aliphatic carbocycles. The van der Waals surface area contributed by atoms with Gasteiger partial charge in [-0.05, 0) is 18.2 Å². The van der Waals surface area contributed by atoms with Crippen LogP contribution in [0.4, 0.5) is 4.39 Å². The maximum atomic E-state index is 13.2. The van der Waals surface area contributed by atoms with Crippen LogP contribution in [0.2, 0.25) is 0 Å². The van der Waals surface area contributed by atoms with Gasteiger partial charge in [-0.1, -0.05) is 21.1 Å². The average Bonchev–Trinajstić information content (AvgIpc) is 2.73. The zero-order valence-electron chi connectivity index (χ0n) is 9.06. The number of aromatic nitrogens is 2. The molecule has 0 radical (unpaired) electrons. The molecule has 0 spiro atoms. The largest absolute Gasteiger partial charge is 0.481 e. The molecule has 1 aromatic heterocycles. The van der Waals surface area contributed by atoms with Crippen molar-refractivity contribution >= 4 is 21.9 Å². The van der Waals surface area contributed by atoms with E-state index >= 15 is 0 Å². The molecule has 0 amide bonds. The van der Waals surface area contributed by atoms with E-state index in [-0.39, 0.29) is 24.6 Å². The summed E-state index contributed by atoms with van der Waals surface area (Å²) in [6, 6.07) is 4.24. The lowest BCUT2D eigenvalue weighted by Gasteiger charge is -1.96. The van der Waals surface area contributed by atoms with E-state index in [0.29, 0.717) is 10.0 Å². The molecule has 5 nitrogen and oxygen atoms in total. The molecule has 18 heavy (non-hydrogen) atoms. The van der Waals surface area contributed by atoms with Crippen molar-refractivity contribution in [3.63, 3.8) is 0 Å². The normalized spacial score (nSPS) is 10.6. The maximum absolute atomic E-state index is 13.2. The van der Waals surface area contributed by atoms with E-state index in [1.54, 1.807) is 6.07 Å². The summed E-state index contributed by atoms with van der Waals surface area (Å²) in [5.41, 5.74) is 0.465. The highest BCUT2D eigenvalue weighted by Gasteiger charge is 2.11. The highest BCUT2D eigenvalue weighted by molar-refractivity contribution is 9.10. The van der Waals surface area contributed by atoms with Crippen LogP contribution in [0.3, 0.4) is 0 Å². The van der Waals surface area contributed by atoms with E-state index in [0.717, 1.165) is 0 Å². The minimum Gasteiger partial charge on any atom is -0.481 e. The molecule has 0 aliphatic heterocycles. The average molecular weight is 315 g/mol. The summed E-state index contributed by atoms with van der Waals surface area (Å²) in [5, 5.41) is 12.2. The van der Waals surface area contributed by atoms with Crippen LogP contribution in [0.1, 0.15) is 12.3 Å². The van der Waals surface area contributed by atoms with E-state index in [2.05, 4.69) is 26.1 Å². The summed E-state index contributed by atoms with van der Waals surface area (Å²) < 4.78 is 18.6. The van der Waals surface area contributed by atoms with Gasteiger partial charge in [0.25, 0.3) is 0 Å². The number of hydrogen-bond donors (Lipinski definition) is 1. The number of carboxylic acids is 1. The zero-order valence-corrected chi connectivity index (χ0v) is 10.6. The molecule has 1 N–H and O–H groups in total. The first-order chi connectivity index (χ1) is 8.54. The fourth-order valence-electron chi connectivity index (χ4n) is 1.37. The van der Waals surface area contributed by atoms with E-state index in [1.807, 2.05) is 0 Å². The Bertz CT molecular complexity index is 565. The van der Waals surface area contributed by atoms with Crippen molar-refractivity contribution < 1.29 is 18.8 Å². The van der Waals surface area contributed by atoms with Crippen LogP contribution in [-0.4, -0.2) is 21.2 Å². The summed E-state index contributed by atoms with van der Waals surface area (Å²) in [6.45, 7) is 0. The minimum absolute atomic E-state index is 0.0888. The molecule has 1 aromatic carbocycles. The van der Waals surface area contributed by atoms with E-state index in [4.69, 9.17) is 9.63 Å². The van der Waals surface area contributed by atoms with Crippen LogP contribution in [0.15, 0.2) is 27.2 Å². The van der Waals surface area contributed by atoms with Crippen LogP contribution in [0.5, 0.6) is 0 Å². The fraction of sp³-hybridized carbons (Fsp3) is 0.182. The second kappa shape index (κ2) is 5.26. The smallest absolute Gasteiger partial charge is 0.303 e. The van der Waals surface area contributed by atoms with Gasteiger partial charge in [0.2, 0.25) is 11.7 Å². The molecule has 2 aromatic rings. The lowest BCUT2D eigenvalue weighted by molar-refractivity contribution is -0.137. The third-order valence-corrected chi connectivity index (χ3v) is 2.60. The molecule has 2 rings (SSSR count). The number of hydrogen-bond acceptors (Lipinski definition) is 4. The van der Waals surface area contributed by atoms with Crippen molar-refractivity contribution in [1.29, 1.82) is 0 Å². The van der Waals surface area contributed by atoms with Gasteiger partial charge >= 0.3 is 5.97 Å². The highest BCUT2D eigenvalue weighted by Crippen LogP contribution is 2.22. The molecule has 0 bridgehead atoms. The van der Waals surface area contributed by atoms with Gasteiger partial charge in [-0.3, -0.25) is 4.79 Å². The molecule has 0 fully saturated rings. The van der Waals surface area contributed by atoms with Crippen molar-refractivity contribution in [3.05, 3.63) is 34.4 Å². The third-order valence-electron chi connectivity index (χ3n) is 2.14. The molecule has 0 saturated heterocycles. The van der Waals surface area contributed by atoms with Crippen molar-refractivity contribution in [2.45, 2.75) is 12.8 Å². The maximum Gasteiger partial charge on any atom is 0.303 e. The SMILES string of the molecule is O=C(O)CCc1nc(-c2cc(F)cc(Br)c2)no1. The standard InChI is InChI=1S/C11H8BrFN2O3/c12-7-3-6(4-8(13)5-7)11-14-9(18-15-11)1-2-10(16)17/h3-5H,1-2H2,(H,16,17). The Labute approximate surface area is 110 Å².